The van der Waals surface area contributed by atoms with Gasteiger partial charge in [0.25, 0.3) is 5.91 Å². The predicted molar refractivity (Wildman–Crippen MR) is 112 cm³/mol. The number of ether oxygens (including phenoxy) is 1. The van der Waals surface area contributed by atoms with Crippen molar-refractivity contribution in [3.8, 4) is 6.07 Å². The van der Waals surface area contributed by atoms with Crippen molar-refractivity contribution in [2.24, 2.45) is 0 Å². The molecule has 1 aromatic carbocycles. The third kappa shape index (κ3) is 2.72. The fourth-order valence-corrected chi connectivity index (χ4v) is 5.41. The smallest absolute Gasteiger partial charge is 0.257 e. The average Bonchev–Trinajstić information content (AvgIpc) is 3.51. The second-order valence-corrected chi connectivity index (χ2v) is 8.63. The minimum atomic E-state index is -0.832. The molecule has 3 aromatic rings. The molecule has 1 amide bonds. The number of carbonyl (C=O) groups excluding carboxylic acids is 1. The highest BCUT2D eigenvalue weighted by molar-refractivity contribution is 5.88. The van der Waals surface area contributed by atoms with E-state index in [2.05, 4.69) is 21.1 Å². The maximum Gasteiger partial charge on any atom is 0.257 e. The highest BCUT2D eigenvalue weighted by Gasteiger charge is 2.58. The van der Waals surface area contributed by atoms with Crippen molar-refractivity contribution in [2.75, 3.05) is 18.0 Å². The first kappa shape index (κ1) is 19.2. The molecule has 0 unspecified atom stereocenters. The lowest BCUT2D eigenvalue weighted by Gasteiger charge is -2.38. The number of aromatic nitrogens is 3. The van der Waals surface area contributed by atoms with Crippen LogP contribution in [0.5, 0.6) is 0 Å². The topological polar surface area (TPSA) is 86.8 Å². The first-order valence-electron chi connectivity index (χ1n) is 10.8. The zero-order valence-corrected chi connectivity index (χ0v) is 17.3. The van der Waals surface area contributed by atoms with Crippen molar-refractivity contribution >= 4 is 17.4 Å². The van der Waals surface area contributed by atoms with E-state index in [-0.39, 0.29) is 24.0 Å². The van der Waals surface area contributed by atoms with Gasteiger partial charge in [0.1, 0.15) is 30.3 Å². The van der Waals surface area contributed by atoms with Crippen LogP contribution in [0.25, 0.3) is 5.65 Å². The number of amides is 1. The van der Waals surface area contributed by atoms with Gasteiger partial charge in [-0.05, 0) is 42.7 Å². The van der Waals surface area contributed by atoms with Crippen molar-refractivity contribution in [3.63, 3.8) is 0 Å². The molecule has 2 aromatic heterocycles. The van der Waals surface area contributed by atoms with E-state index in [0.717, 1.165) is 24.2 Å². The fourth-order valence-electron chi connectivity index (χ4n) is 5.41. The van der Waals surface area contributed by atoms with E-state index in [4.69, 9.17) is 4.74 Å². The number of hydrogen-bond acceptors (Lipinski definition) is 6. The average molecular weight is 432 g/mol. The van der Waals surface area contributed by atoms with E-state index in [1.54, 1.807) is 16.6 Å². The van der Waals surface area contributed by atoms with Gasteiger partial charge in [0, 0.05) is 25.9 Å². The third-order valence-electron chi connectivity index (χ3n) is 6.97. The number of fused-ring (bicyclic) bond motifs is 2. The van der Waals surface area contributed by atoms with Gasteiger partial charge in [-0.1, -0.05) is 12.1 Å². The molecule has 5 heterocycles. The molecule has 3 fully saturated rings. The van der Waals surface area contributed by atoms with E-state index >= 15 is 0 Å². The SMILES string of the molecule is N#Cc1ccc(N2CCC3(CC2)O[C@@H]2CC[C@@H](c4cccc(F)c4)N2C3=O)n2ncnc12. The van der Waals surface area contributed by atoms with Crippen molar-refractivity contribution < 1.29 is 13.9 Å². The second-order valence-electron chi connectivity index (χ2n) is 8.63. The number of benzene rings is 1. The van der Waals surface area contributed by atoms with Gasteiger partial charge in [0.15, 0.2) is 11.2 Å². The van der Waals surface area contributed by atoms with Crippen molar-refractivity contribution in [1.82, 2.24) is 19.5 Å². The summed E-state index contributed by atoms with van der Waals surface area (Å²) < 4.78 is 21.8. The normalized spacial score (nSPS) is 24.3. The Morgan fingerprint density at radius 3 is 2.81 bits per heavy atom. The number of anilines is 1. The van der Waals surface area contributed by atoms with Crippen molar-refractivity contribution in [3.05, 3.63) is 59.7 Å². The number of piperidine rings is 1. The molecule has 32 heavy (non-hydrogen) atoms. The summed E-state index contributed by atoms with van der Waals surface area (Å²) in [6.07, 6.45) is 3.84. The van der Waals surface area contributed by atoms with Crippen LogP contribution in [0.3, 0.4) is 0 Å². The molecule has 8 nitrogen and oxygen atoms in total. The first-order valence-corrected chi connectivity index (χ1v) is 10.8. The highest BCUT2D eigenvalue weighted by atomic mass is 19.1. The molecule has 0 radical (unpaired) electrons. The molecule has 0 aliphatic carbocycles. The van der Waals surface area contributed by atoms with Gasteiger partial charge in [0.05, 0.1) is 11.6 Å². The lowest BCUT2D eigenvalue weighted by molar-refractivity contribution is -0.140. The van der Waals surface area contributed by atoms with Gasteiger partial charge in [-0.3, -0.25) is 4.79 Å². The number of carbonyl (C=O) groups is 1. The Balaban J connectivity index is 1.23. The van der Waals surface area contributed by atoms with Gasteiger partial charge >= 0.3 is 0 Å². The summed E-state index contributed by atoms with van der Waals surface area (Å²) in [5.74, 6) is 0.568. The van der Waals surface area contributed by atoms with Crippen LogP contribution in [0.1, 0.15) is 42.9 Å². The largest absolute Gasteiger partial charge is 0.356 e. The molecule has 3 aliphatic heterocycles. The summed E-state index contributed by atoms with van der Waals surface area (Å²) in [5, 5.41) is 13.6. The molecule has 1 spiro atoms. The summed E-state index contributed by atoms with van der Waals surface area (Å²) in [5.41, 5.74) is 0.988. The molecule has 6 rings (SSSR count). The number of hydrogen-bond donors (Lipinski definition) is 0. The Morgan fingerprint density at radius 1 is 1.19 bits per heavy atom. The molecule has 0 N–H and O–H groups in total. The Morgan fingerprint density at radius 2 is 2.03 bits per heavy atom. The minimum Gasteiger partial charge on any atom is -0.356 e. The van der Waals surface area contributed by atoms with E-state index < -0.39 is 5.60 Å². The van der Waals surface area contributed by atoms with E-state index in [1.807, 2.05) is 17.0 Å². The standard InChI is InChI=1S/C23H21FN6O2/c24-17-3-1-2-15(12-17)18-5-7-20-29(18)22(31)23(32-20)8-10-28(11-9-23)19-6-4-16(13-25)21-26-14-27-30(19)21/h1-4,6,12,14,18,20H,5,7-11H2/t18-,20+/m0/s1. The Hall–Kier alpha value is -3.51. The molecule has 2 atom stereocenters. The van der Waals surface area contributed by atoms with Gasteiger partial charge in [-0.25, -0.2) is 9.37 Å². The predicted octanol–water partition coefficient (Wildman–Crippen LogP) is 2.80. The van der Waals surface area contributed by atoms with Gasteiger partial charge in [0.2, 0.25) is 0 Å². The van der Waals surface area contributed by atoms with Crippen LogP contribution >= 0.6 is 0 Å². The maximum absolute atomic E-state index is 13.8. The van der Waals surface area contributed by atoms with Crippen LogP contribution in [0.4, 0.5) is 10.2 Å². The van der Waals surface area contributed by atoms with Crippen LogP contribution in [0, 0.1) is 17.1 Å². The molecule has 162 valence electrons. The van der Waals surface area contributed by atoms with Gasteiger partial charge < -0.3 is 14.5 Å². The van der Waals surface area contributed by atoms with Crippen LogP contribution < -0.4 is 4.90 Å². The van der Waals surface area contributed by atoms with Crippen molar-refractivity contribution in [2.45, 2.75) is 43.6 Å². The van der Waals surface area contributed by atoms with E-state index in [0.29, 0.717) is 37.1 Å². The number of nitrogens with zero attached hydrogens (tertiary/aromatic N) is 6. The number of nitriles is 1. The molecular formula is C23H21FN6O2. The molecule has 3 aliphatic rings. The lowest BCUT2D eigenvalue weighted by Crippen LogP contribution is -2.50. The van der Waals surface area contributed by atoms with Crippen LogP contribution in [0.15, 0.2) is 42.7 Å². The second kappa shape index (κ2) is 7.00. The number of pyridine rings is 1. The van der Waals surface area contributed by atoms with Gasteiger partial charge in [-0.15, -0.1) is 0 Å². The summed E-state index contributed by atoms with van der Waals surface area (Å²) in [4.78, 5) is 21.7. The Bertz CT molecular complexity index is 1260. The third-order valence-corrected chi connectivity index (χ3v) is 6.97. The first-order chi connectivity index (χ1) is 15.6. The summed E-state index contributed by atoms with van der Waals surface area (Å²) >= 11 is 0. The number of halogens is 1. The van der Waals surface area contributed by atoms with Crippen LogP contribution in [-0.2, 0) is 9.53 Å². The Labute approximate surface area is 183 Å². The minimum absolute atomic E-state index is 0.0136. The molecule has 3 saturated heterocycles. The van der Waals surface area contributed by atoms with E-state index in [1.165, 1.54) is 18.5 Å². The highest BCUT2D eigenvalue weighted by Crippen LogP contribution is 2.48. The Kier molecular flexibility index (Phi) is 4.20. The zero-order valence-electron chi connectivity index (χ0n) is 17.3. The zero-order chi connectivity index (χ0) is 21.9. The van der Waals surface area contributed by atoms with Gasteiger partial charge in [-0.2, -0.15) is 14.9 Å². The molecular weight excluding hydrogens is 411 g/mol. The fraction of sp³-hybridized carbons (Fsp3) is 0.391. The molecule has 0 saturated carbocycles. The summed E-state index contributed by atoms with van der Waals surface area (Å²) in [6.45, 7) is 1.25. The van der Waals surface area contributed by atoms with Crippen molar-refractivity contribution in [1.29, 1.82) is 5.26 Å². The molecule has 0 bridgehead atoms. The number of rotatable bonds is 2. The van der Waals surface area contributed by atoms with Crippen LogP contribution in [-0.4, -0.2) is 50.3 Å². The lowest BCUT2D eigenvalue weighted by atomic mass is 9.89. The summed E-state index contributed by atoms with van der Waals surface area (Å²) in [6, 6.07) is 12.1. The maximum atomic E-state index is 13.8. The van der Waals surface area contributed by atoms with E-state index in [9.17, 15) is 14.4 Å². The van der Waals surface area contributed by atoms with Crippen LogP contribution in [0.2, 0.25) is 0 Å². The summed E-state index contributed by atoms with van der Waals surface area (Å²) in [7, 11) is 0. The quantitative estimate of drug-likeness (QED) is 0.619. The molecule has 9 heteroatoms. The monoisotopic (exact) mass is 432 g/mol.